The summed E-state index contributed by atoms with van der Waals surface area (Å²) >= 11 is 0. The molecule has 1 aromatic carbocycles. The van der Waals surface area contributed by atoms with Crippen LogP contribution in [0.5, 0.6) is 5.75 Å². The van der Waals surface area contributed by atoms with E-state index in [4.69, 9.17) is 0 Å². The topological polar surface area (TPSA) is 23.5 Å². The van der Waals surface area contributed by atoms with E-state index in [2.05, 4.69) is 25.1 Å². The van der Waals surface area contributed by atoms with Crippen LogP contribution < -0.4 is 0 Å². The maximum Gasteiger partial charge on any atom is 0.115 e. The van der Waals surface area contributed by atoms with E-state index < -0.39 is 0 Å². The zero-order valence-electron chi connectivity index (χ0n) is 8.12. The highest BCUT2D eigenvalue weighted by Crippen LogP contribution is 2.49. The molecule has 0 amide bonds. The number of hydrogen-bond donors (Lipinski definition) is 1. The average molecular weight is 177 g/mol. The van der Waals surface area contributed by atoms with Gasteiger partial charge in [0.15, 0.2) is 0 Å². The van der Waals surface area contributed by atoms with Crippen LogP contribution in [-0.4, -0.2) is 24.1 Å². The molecule has 0 heterocycles. The second kappa shape index (κ2) is 2.74. The van der Waals surface area contributed by atoms with E-state index >= 15 is 0 Å². The monoisotopic (exact) mass is 177 g/mol. The van der Waals surface area contributed by atoms with Crippen molar-refractivity contribution < 1.29 is 5.11 Å². The van der Waals surface area contributed by atoms with Gasteiger partial charge in [-0.3, -0.25) is 4.90 Å². The van der Waals surface area contributed by atoms with Gasteiger partial charge < -0.3 is 5.11 Å². The molecule has 1 fully saturated rings. The summed E-state index contributed by atoms with van der Waals surface area (Å²) in [5.74, 6) is 0.366. The Balaban J connectivity index is 2.35. The van der Waals surface area contributed by atoms with E-state index in [0.717, 1.165) is 0 Å². The fourth-order valence-corrected chi connectivity index (χ4v) is 1.91. The molecule has 0 saturated heterocycles. The third-order valence-corrected chi connectivity index (χ3v) is 2.96. The van der Waals surface area contributed by atoms with Gasteiger partial charge in [0, 0.05) is 5.54 Å². The molecule has 1 aliphatic rings. The van der Waals surface area contributed by atoms with Crippen molar-refractivity contribution in [1.82, 2.24) is 4.90 Å². The average Bonchev–Trinajstić information content (AvgIpc) is 2.83. The second-order valence-electron chi connectivity index (χ2n) is 3.98. The zero-order chi connectivity index (χ0) is 9.47. The lowest BCUT2D eigenvalue weighted by Crippen LogP contribution is -2.27. The third kappa shape index (κ3) is 1.31. The number of benzene rings is 1. The van der Waals surface area contributed by atoms with Crippen molar-refractivity contribution in [3.63, 3.8) is 0 Å². The first-order valence-corrected chi connectivity index (χ1v) is 4.62. The first-order chi connectivity index (χ1) is 6.15. The maximum atomic E-state index is 9.37. The van der Waals surface area contributed by atoms with Gasteiger partial charge in [0.2, 0.25) is 0 Å². The van der Waals surface area contributed by atoms with Crippen LogP contribution in [0.25, 0.3) is 0 Å². The van der Waals surface area contributed by atoms with Crippen LogP contribution in [0.2, 0.25) is 0 Å². The Morgan fingerprint density at radius 1 is 1.31 bits per heavy atom. The Morgan fingerprint density at radius 2 is 2.00 bits per heavy atom. The lowest BCUT2D eigenvalue weighted by atomic mass is 10.0. The summed E-state index contributed by atoms with van der Waals surface area (Å²) in [5.41, 5.74) is 1.44. The molecule has 2 heteroatoms. The summed E-state index contributed by atoms with van der Waals surface area (Å²) in [7, 11) is 4.19. The smallest absolute Gasteiger partial charge is 0.115 e. The first-order valence-electron chi connectivity index (χ1n) is 4.62. The van der Waals surface area contributed by atoms with Crippen molar-refractivity contribution in [3.8, 4) is 5.75 Å². The third-order valence-electron chi connectivity index (χ3n) is 2.96. The molecular weight excluding hydrogens is 162 g/mol. The molecule has 0 aliphatic heterocycles. The van der Waals surface area contributed by atoms with Crippen molar-refractivity contribution in [2.75, 3.05) is 14.1 Å². The standard InChI is InChI=1S/C11H15NO/c1-12(2)11(6-7-11)9-4-3-5-10(13)8-9/h3-5,8,13H,6-7H2,1-2H3. The van der Waals surface area contributed by atoms with Gasteiger partial charge in [0.05, 0.1) is 0 Å². The molecule has 2 nitrogen and oxygen atoms in total. The van der Waals surface area contributed by atoms with Crippen molar-refractivity contribution in [1.29, 1.82) is 0 Å². The molecule has 0 atom stereocenters. The number of phenols is 1. The van der Waals surface area contributed by atoms with E-state index in [1.54, 1.807) is 6.07 Å². The molecule has 0 aromatic heterocycles. The minimum absolute atomic E-state index is 0.207. The van der Waals surface area contributed by atoms with Crippen LogP contribution in [0, 0.1) is 0 Å². The Kier molecular flexibility index (Phi) is 1.81. The molecule has 0 radical (unpaired) electrons. The molecule has 70 valence electrons. The molecule has 0 spiro atoms. The molecule has 1 N–H and O–H groups in total. The van der Waals surface area contributed by atoms with Gasteiger partial charge in [-0.25, -0.2) is 0 Å². The fourth-order valence-electron chi connectivity index (χ4n) is 1.91. The quantitative estimate of drug-likeness (QED) is 0.746. The van der Waals surface area contributed by atoms with Gasteiger partial charge in [-0.2, -0.15) is 0 Å². The van der Waals surface area contributed by atoms with Gasteiger partial charge >= 0.3 is 0 Å². The molecule has 2 rings (SSSR count). The van der Waals surface area contributed by atoms with Crippen LogP contribution in [0.1, 0.15) is 18.4 Å². The van der Waals surface area contributed by atoms with Crippen molar-refractivity contribution in [2.24, 2.45) is 0 Å². The summed E-state index contributed by atoms with van der Waals surface area (Å²) in [4.78, 5) is 2.24. The number of phenolic OH excluding ortho intramolecular Hbond substituents is 1. The minimum Gasteiger partial charge on any atom is -0.508 e. The fraction of sp³-hybridized carbons (Fsp3) is 0.455. The summed E-state index contributed by atoms with van der Waals surface area (Å²) < 4.78 is 0. The van der Waals surface area contributed by atoms with E-state index in [1.807, 2.05) is 12.1 Å². The van der Waals surface area contributed by atoms with E-state index in [9.17, 15) is 5.11 Å². The normalized spacial score (nSPS) is 19.0. The zero-order valence-corrected chi connectivity index (χ0v) is 8.12. The van der Waals surface area contributed by atoms with Crippen molar-refractivity contribution >= 4 is 0 Å². The highest BCUT2D eigenvalue weighted by atomic mass is 16.3. The minimum atomic E-state index is 0.207. The number of nitrogens with zero attached hydrogens (tertiary/aromatic N) is 1. The van der Waals surface area contributed by atoms with Gasteiger partial charge in [-0.15, -0.1) is 0 Å². The van der Waals surface area contributed by atoms with E-state index in [0.29, 0.717) is 5.75 Å². The summed E-state index contributed by atoms with van der Waals surface area (Å²) in [5, 5.41) is 9.37. The van der Waals surface area contributed by atoms with Gasteiger partial charge in [-0.1, -0.05) is 12.1 Å². The van der Waals surface area contributed by atoms with Gasteiger partial charge in [0.25, 0.3) is 0 Å². The molecule has 13 heavy (non-hydrogen) atoms. The molecule has 1 saturated carbocycles. The van der Waals surface area contributed by atoms with E-state index in [1.165, 1.54) is 18.4 Å². The van der Waals surface area contributed by atoms with Crippen LogP contribution in [0.3, 0.4) is 0 Å². The highest BCUT2D eigenvalue weighted by Gasteiger charge is 2.46. The lowest BCUT2D eigenvalue weighted by molar-refractivity contribution is 0.275. The highest BCUT2D eigenvalue weighted by molar-refractivity contribution is 5.35. The predicted octanol–water partition coefficient (Wildman–Crippen LogP) is 1.94. The molecule has 1 aliphatic carbocycles. The second-order valence-corrected chi connectivity index (χ2v) is 3.98. The Morgan fingerprint density at radius 3 is 2.46 bits per heavy atom. The summed E-state index contributed by atoms with van der Waals surface area (Å²) in [6.45, 7) is 0. The summed E-state index contributed by atoms with van der Waals surface area (Å²) in [6.07, 6.45) is 2.40. The van der Waals surface area contributed by atoms with Crippen LogP contribution >= 0.6 is 0 Å². The van der Waals surface area contributed by atoms with Gasteiger partial charge in [0.1, 0.15) is 5.75 Å². The lowest BCUT2D eigenvalue weighted by Gasteiger charge is -2.24. The van der Waals surface area contributed by atoms with Crippen LogP contribution in [0.4, 0.5) is 0 Å². The maximum absolute atomic E-state index is 9.37. The number of hydrogen-bond acceptors (Lipinski definition) is 2. The van der Waals surface area contributed by atoms with Crippen molar-refractivity contribution in [3.05, 3.63) is 29.8 Å². The number of rotatable bonds is 2. The Hall–Kier alpha value is -1.02. The SMILES string of the molecule is CN(C)C1(c2cccc(O)c2)CC1. The first kappa shape index (κ1) is 8.57. The van der Waals surface area contributed by atoms with Crippen LogP contribution in [-0.2, 0) is 5.54 Å². The Labute approximate surface area is 78.8 Å². The van der Waals surface area contributed by atoms with Crippen molar-refractivity contribution in [2.45, 2.75) is 18.4 Å². The largest absolute Gasteiger partial charge is 0.508 e. The Bertz CT molecular complexity index is 316. The molecular formula is C11H15NO. The van der Waals surface area contributed by atoms with Gasteiger partial charge in [-0.05, 0) is 44.6 Å². The molecule has 0 bridgehead atoms. The van der Waals surface area contributed by atoms with E-state index in [-0.39, 0.29) is 5.54 Å². The predicted molar refractivity (Wildman–Crippen MR) is 52.7 cm³/mol. The number of aromatic hydroxyl groups is 1. The van der Waals surface area contributed by atoms with Crippen LogP contribution in [0.15, 0.2) is 24.3 Å². The summed E-state index contributed by atoms with van der Waals surface area (Å²) in [6, 6.07) is 7.59. The molecule has 0 unspecified atom stereocenters. The molecule has 1 aromatic rings.